The molecule has 0 spiro atoms. The molecule has 1 heterocycles. The van der Waals surface area contributed by atoms with Gasteiger partial charge in [-0.15, -0.1) is 0 Å². The molecule has 0 aromatic heterocycles. The molecular weight excluding hydrogens is 320 g/mol. The van der Waals surface area contributed by atoms with Gasteiger partial charge in [-0.05, 0) is 37.5 Å². The van der Waals surface area contributed by atoms with Gasteiger partial charge in [0.15, 0.2) is 0 Å². The highest BCUT2D eigenvalue weighted by atomic mass is 16.4. The second kappa shape index (κ2) is 9.59. The molecule has 0 saturated carbocycles. The van der Waals surface area contributed by atoms with Gasteiger partial charge in [-0.25, -0.2) is 0 Å². The van der Waals surface area contributed by atoms with E-state index < -0.39 is 23.3 Å². The highest BCUT2D eigenvalue weighted by molar-refractivity contribution is 5.90. The first-order valence-corrected chi connectivity index (χ1v) is 9.05. The summed E-state index contributed by atoms with van der Waals surface area (Å²) in [4.78, 5) is 38.2. The highest BCUT2D eigenvalue weighted by Gasteiger charge is 2.36. The van der Waals surface area contributed by atoms with Gasteiger partial charge in [0.05, 0.1) is 6.42 Å². The van der Waals surface area contributed by atoms with Crippen molar-refractivity contribution < 1.29 is 19.5 Å². The Labute approximate surface area is 150 Å². The normalized spacial score (nSPS) is 24.6. The van der Waals surface area contributed by atoms with Gasteiger partial charge in [0.1, 0.15) is 6.04 Å². The first-order valence-electron chi connectivity index (χ1n) is 9.05. The zero-order valence-electron chi connectivity index (χ0n) is 15.9. The van der Waals surface area contributed by atoms with E-state index in [0.29, 0.717) is 13.0 Å². The molecule has 0 fully saturated rings. The molecule has 0 radical (unpaired) electrons. The molecule has 0 aliphatic carbocycles. The number of likely N-dealkylation sites (N-methyl/N-ethyl adjacent to an activating group) is 1. The van der Waals surface area contributed by atoms with Crippen LogP contribution in [0.3, 0.4) is 0 Å². The Morgan fingerprint density at radius 3 is 2.40 bits per heavy atom. The fourth-order valence-electron chi connectivity index (χ4n) is 2.94. The maximum Gasteiger partial charge on any atom is 0.304 e. The largest absolute Gasteiger partial charge is 0.481 e. The van der Waals surface area contributed by atoms with Crippen LogP contribution in [0.1, 0.15) is 59.3 Å². The Bertz CT molecular complexity index is 508. The van der Waals surface area contributed by atoms with Crippen LogP contribution >= 0.6 is 0 Å². The number of carboxylic acids is 1. The van der Waals surface area contributed by atoms with Gasteiger partial charge in [0.2, 0.25) is 11.8 Å². The standard InChI is InChI=1S/C19H32N2O4/c1-19(2,3)16-18(25)21(4)12-10-8-6-5-7-9-11-14(13-15(22)23)17(24)20-16/h5-6,14,16H,7-13H2,1-4H3,(H,20,24)(H,22,23)/t14-,16-/m1/s1. The summed E-state index contributed by atoms with van der Waals surface area (Å²) < 4.78 is 0. The Morgan fingerprint density at radius 1 is 1.24 bits per heavy atom. The smallest absolute Gasteiger partial charge is 0.304 e. The summed E-state index contributed by atoms with van der Waals surface area (Å²) in [5, 5.41) is 11.9. The third-order valence-electron chi connectivity index (χ3n) is 4.52. The molecule has 0 unspecified atom stereocenters. The van der Waals surface area contributed by atoms with Gasteiger partial charge in [-0.3, -0.25) is 14.4 Å². The second-order valence-corrected chi connectivity index (χ2v) is 7.91. The van der Waals surface area contributed by atoms with Crippen molar-refractivity contribution in [1.29, 1.82) is 0 Å². The van der Waals surface area contributed by atoms with E-state index in [0.717, 1.165) is 25.7 Å². The fraction of sp³-hybridized carbons (Fsp3) is 0.737. The van der Waals surface area contributed by atoms with E-state index in [-0.39, 0.29) is 18.2 Å². The van der Waals surface area contributed by atoms with Gasteiger partial charge < -0.3 is 15.3 Å². The van der Waals surface area contributed by atoms with Crippen molar-refractivity contribution in [2.24, 2.45) is 11.3 Å². The molecular formula is C19H32N2O4. The Balaban J connectivity index is 3.04. The lowest BCUT2D eigenvalue weighted by molar-refractivity contribution is -0.143. The van der Waals surface area contributed by atoms with Crippen LogP contribution in [-0.2, 0) is 14.4 Å². The van der Waals surface area contributed by atoms with Crippen LogP contribution in [0.2, 0.25) is 0 Å². The summed E-state index contributed by atoms with van der Waals surface area (Å²) in [6, 6.07) is -0.667. The summed E-state index contributed by atoms with van der Waals surface area (Å²) in [6.45, 7) is 6.34. The fourth-order valence-corrected chi connectivity index (χ4v) is 2.94. The van der Waals surface area contributed by atoms with Crippen LogP contribution in [0.25, 0.3) is 0 Å². The minimum Gasteiger partial charge on any atom is -0.481 e. The molecule has 142 valence electrons. The number of aliphatic carboxylic acids is 1. The van der Waals surface area contributed by atoms with E-state index in [1.807, 2.05) is 20.8 Å². The number of rotatable bonds is 2. The zero-order valence-corrected chi connectivity index (χ0v) is 15.9. The number of carbonyl (C=O) groups excluding carboxylic acids is 2. The monoisotopic (exact) mass is 352 g/mol. The molecule has 25 heavy (non-hydrogen) atoms. The van der Waals surface area contributed by atoms with E-state index in [4.69, 9.17) is 5.11 Å². The molecule has 1 aliphatic rings. The number of hydrogen-bond donors (Lipinski definition) is 2. The van der Waals surface area contributed by atoms with E-state index in [1.165, 1.54) is 0 Å². The molecule has 0 aromatic carbocycles. The lowest BCUT2D eigenvalue weighted by Gasteiger charge is -2.34. The number of carboxylic acid groups (broad SMARTS) is 1. The van der Waals surface area contributed by atoms with Crippen LogP contribution in [0.5, 0.6) is 0 Å². The molecule has 2 N–H and O–H groups in total. The lowest BCUT2D eigenvalue weighted by atomic mass is 9.85. The van der Waals surface area contributed by atoms with Gasteiger partial charge in [-0.1, -0.05) is 32.9 Å². The quantitative estimate of drug-likeness (QED) is 0.748. The van der Waals surface area contributed by atoms with E-state index in [9.17, 15) is 14.4 Å². The van der Waals surface area contributed by atoms with Crippen molar-refractivity contribution in [3.05, 3.63) is 12.2 Å². The molecule has 2 atom stereocenters. The summed E-state index contributed by atoms with van der Waals surface area (Å²) in [7, 11) is 1.75. The second-order valence-electron chi connectivity index (χ2n) is 7.91. The molecule has 0 aromatic rings. The van der Waals surface area contributed by atoms with Crippen LogP contribution in [0.15, 0.2) is 12.2 Å². The number of hydrogen-bond acceptors (Lipinski definition) is 3. The van der Waals surface area contributed by atoms with Crippen molar-refractivity contribution in [3.63, 3.8) is 0 Å². The molecule has 1 aliphatic heterocycles. The van der Waals surface area contributed by atoms with E-state index >= 15 is 0 Å². The summed E-state index contributed by atoms with van der Waals surface area (Å²) >= 11 is 0. The SMILES string of the molecule is CN1CCCC=CCCC[C@H](CC(=O)O)C(=O)N[C@@H](C(C)(C)C)C1=O. The predicted octanol–water partition coefficient (Wildman–Crippen LogP) is 2.59. The average Bonchev–Trinajstić information content (AvgIpc) is 2.50. The van der Waals surface area contributed by atoms with Crippen molar-refractivity contribution >= 4 is 17.8 Å². The molecule has 2 amide bonds. The van der Waals surface area contributed by atoms with Gasteiger partial charge >= 0.3 is 5.97 Å². The average molecular weight is 352 g/mol. The maximum atomic E-state index is 12.8. The first-order chi connectivity index (χ1) is 11.6. The van der Waals surface area contributed by atoms with Gasteiger partial charge in [0, 0.05) is 19.5 Å². The molecule has 0 saturated heterocycles. The predicted molar refractivity (Wildman–Crippen MR) is 97.0 cm³/mol. The van der Waals surface area contributed by atoms with Crippen LogP contribution < -0.4 is 5.32 Å². The van der Waals surface area contributed by atoms with Crippen molar-refractivity contribution in [2.75, 3.05) is 13.6 Å². The minimum absolute atomic E-state index is 0.129. The highest BCUT2D eigenvalue weighted by Crippen LogP contribution is 2.23. The lowest BCUT2D eigenvalue weighted by Crippen LogP contribution is -2.55. The Hall–Kier alpha value is -1.85. The van der Waals surface area contributed by atoms with Gasteiger partial charge in [-0.2, -0.15) is 0 Å². The van der Waals surface area contributed by atoms with E-state index in [1.54, 1.807) is 11.9 Å². The number of amides is 2. The first kappa shape index (κ1) is 21.2. The van der Waals surface area contributed by atoms with Gasteiger partial charge in [0.25, 0.3) is 0 Å². The molecule has 0 bridgehead atoms. The Morgan fingerprint density at radius 2 is 1.84 bits per heavy atom. The van der Waals surface area contributed by atoms with E-state index in [2.05, 4.69) is 17.5 Å². The molecule has 1 rings (SSSR count). The minimum atomic E-state index is -0.993. The van der Waals surface area contributed by atoms with Crippen molar-refractivity contribution in [1.82, 2.24) is 10.2 Å². The van der Waals surface area contributed by atoms with Crippen LogP contribution in [0.4, 0.5) is 0 Å². The summed E-state index contributed by atoms with van der Waals surface area (Å²) in [6.07, 6.45) is 7.84. The third kappa shape index (κ3) is 7.28. The zero-order chi connectivity index (χ0) is 19.0. The van der Waals surface area contributed by atoms with Crippen LogP contribution in [0, 0.1) is 11.3 Å². The number of allylic oxidation sites excluding steroid dienone is 2. The van der Waals surface area contributed by atoms with Crippen LogP contribution in [-0.4, -0.2) is 47.4 Å². The summed E-state index contributed by atoms with van der Waals surface area (Å²) in [5.74, 6) is -2.08. The van der Waals surface area contributed by atoms with Crippen molar-refractivity contribution in [3.8, 4) is 0 Å². The van der Waals surface area contributed by atoms with Crippen molar-refractivity contribution in [2.45, 2.75) is 65.3 Å². The topological polar surface area (TPSA) is 86.7 Å². The maximum absolute atomic E-state index is 12.8. The number of nitrogens with zero attached hydrogens (tertiary/aromatic N) is 1. The molecule has 6 nitrogen and oxygen atoms in total. The number of carbonyl (C=O) groups is 3. The third-order valence-corrected chi connectivity index (χ3v) is 4.52. The summed E-state index contributed by atoms with van der Waals surface area (Å²) in [5.41, 5.74) is -0.453. The Kier molecular flexibility index (Phi) is 8.13. The molecule has 6 heteroatoms. The number of nitrogens with one attached hydrogen (secondary N) is 1.